The van der Waals surface area contributed by atoms with Crippen LogP contribution < -0.4 is 10.6 Å². The molecule has 2 amide bonds. The molecule has 0 saturated carbocycles. The predicted octanol–water partition coefficient (Wildman–Crippen LogP) is 3.28. The van der Waals surface area contributed by atoms with E-state index in [0.717, 1.165) is 13.0 Å². The second-order valence-electron chi connectivity index (χ2n) is 8.01. The van der Waals surface area contributed by atoms with E-state index >= 15 is 0 Å². The molecule has 0 aliphatic carbocycles. The molecule has 26 heavy (non-hydrogen) atoms. The zero-order chi connectivity index (χ0) is 19.6. The predicted molar refractivity (Wildman–Crippen MR) is 105 cm³/mol. The summed E-state index contributed by atoms with van der Waals surface area (Å²) >= 11 is 0. The Morgan fingerprint density at radius 1 is 1.04 bits per heavy atom. The van der Waals surface area contributed by atoms with Crippen molar-refractivity contribution < 1.29 is 14.3 Å². The summed E-state index contributed by atoms with van der Waals surface area (Å²) in [5.41, 5.74) is 1.86. The number of hydrogen-bond acceptors (Lipinski definition) is 3. The first-order valence-corrected chi connectivity index (χ1v) is 9.43. The van der Waals surface area contributed by atoms with Crippen molar-refractivity contribution in [2.24, 2.45) is 5.92 Å². The van der Waals surface area contributed by atoms with Gasteiger partial charge < -0.3 is 15.4 Å². The molecule has 5 heteroatoms. The number of nitrogens with one attached hydrogen (secondary N) is 2. The number of carbonyl (C=O) groups is 2. The average Bonchev–Trinajstić information content (AvgIpc) is 2.57. The summed E-state index contributed by atoms with van der Waals surface area (Å²) in [4.78, 5) is 23.9. The van der Waals surface area contributed by atoms with Crippen LogP contribution in [0.15, 0.2) is 24.3 Å². The summed E-state index contributed by atoms with van der Waals surface area (Å²) in [6, 6.07) is 7.60. The second-order valence-corrected chi connectivity index (χ2v) is 8.01. The molecular weight excluding hydrogens is 328 g/mol. The van der Waals surface area contributed by atoms with Gasteiger partial charge in [-0.2, -0.15) is 0 Å². The molecule has 0 spiro atoms. The van der Waals surface area contributed by atoms with Gasteiger partial charge in [-0.3, -0.25) is 9.59 Å². The van der Waals surface area contributed by atoms with E-state index in [0.29, 0.717) is 31.2 Å². The maximum Gasteiger partial charge on any atom is 0.251 e. The molecule has 0 unspecified atom stereocenters. The molecule has 0 fully saturated rings. The lowest BCUT2D eigenvalue weighted by Crippen LogP contribution is -2.31. The molecule has 0 radical (unpaired) electrons. The van der Waals surface area contributed by atoms with Gasteiger partial charge in [0.05, 0.1) is 0 Å². The largest absolute Gasteiger partial charge is 0.381 e. The van der Waals surface area contributed by atoms with Crippen LogP contribution in [0.1, 0.15) is 63.4 Å². The number of amides is 2. The van der Waals surface area contributed by atoms with Gasteiger partial charge in [-0.25, -0.2) is 0 Å². The molecule has 0 aliphatic heterocycles. The lowest BCUT2D eigenvalue weighted by molar-refractivity contribution is -0.121. The molecule has 0 aromatic heterocycles. The Morgan fingerprint density at radius 3 is 2.27 bits per heavy atom. The van der Waals surface area contributed by atoms with E-state index in [4.69, 9.17) is 4.74 Å². The van der Waals surface area contributed by atoms with Crippen LogP contribution in [-0.2, 0) is 14.9 Å². The Morgan fingerprint density at radius 2 is 1.69 bits per heavy atom. The van der Waals surface area contributed by atoms with Crippen LogP contribution in [-0.4, -0.2) is 38.1 Å². The molecular formula is C21H34N2O3. The SMILES string of the molecule is CC(C)COCCCNC(=O)CCNC(=O)c1ccc(C(C)(C)C)cc1. The first kappa shape index (κ1) is 22.2. The highest BCUT2D eigenvalue weighted by atomic mass is 16.5. The molecule has 2 N–H and O–H groups in total. The molecule has 0 heterocycles. The van der Waals surface area contributed by atoms with Crippen LogP contribution >= 0.6 is 0 Å². The molecule has 0 aliphatic rings. The van der Waals surface area contributed by atoms with E-state index in [1.807, 2.05) is 24.3 Å². The van der Waals surface area contributed by atoms with Crippen molar-refractivity contribution in [3.05, 3.63) is 35.4 Å². The maximum absolute atomic E-state index is 12.1. The van der Waals surface area contributed by atoms with Crippen molar-refractivity contribution in [3.8, 4) is 0 Å². The smallest absolute Gasteiger partial charge is 0.251 e. The monoisotopic (exact) mass is 362 g/mol. The van der Waals surface area contributed by atoms with E-state index < -0.39 is 0 Å². The molecule has 5 nitrogen and oxygen atoms in total. The summed E-state index contributed by atoms with van der Waals surface area (Å²) in [7, 11) is 0. The van der Waals surface area contributed by atoms with E-state index in [9.17, 15) is 9.59 Å². The Kier molecular flexibility index (Phi) is 9.35. The molecule has 1 rings (SSSR count). The average molecular weight is 363 g/mol. The van der Waals surface area contributed by atoms with Crippen LogP contribution in [0.25, 0.3) is 0 Å². The van der Waals surface area contributed by atoms with Gasteiger partial charge in [0, 0.05) is 38.3 Å². The fourth-order valence-electron chi connectivity index (χ4n) is 2.32. The normalized spacial score (nSPS) is 11.5. The number of carbonyl (C=O) groups excluding carboxylic acids is 2. The van der Waals surface area contributed by atoms with Gasteiger partial charge in [-0.15, -0.1) is 0 Å². The third kappa shape index (κ3) is 8.99. The van der Waals surface area contributed by atoms with Gasteiger partial charge >= 0.3 is 0 Å². The third-order valence-electron chi connectivity index (χ3n) is 3.89. The van der Waals surface area contributed by atoms with Crippen molar-refractivity contribution in [1.82, 2.24) is 10.6 Å². The standard InChI is InChI=1S/C21H34N2O3/c1-16(2)15-26-14-6-12-22-19(24)11-13-23-20(25)17-7-9-18(10-8-17)21(3,4)5/h7-10,16H,6,11-15H2,1-5H3,(H,22,24)(H,23,25). The lowest BCUT2D eigenvalue weighted by Gasteiger charge is -2.19. The van der Waals surface area contributed by atoms with Crippen LogP contribution in [0.4, 0.5) is 0 Å². The Balaban J connectivity index is 2.20. The maximum atomic E-state index is 12.1. The number of benzene rings is 1. The lowest BCUT2D eigenvalue weighted by atomic mass is 9.87. The van der Waals surface area contributed by atoms with Crippen molar-refractivity contribution in [1.29, 1.82) is 0 Å². The summed E-state index contributed by atoms with van der Waals surface area (Å²) in [5, 5.41) is 5.62. The van der Waals surface area contributed by atoms with E-state index in [2.05, 4.69) is 45.3 Å². The first-order valence-electron chi connectivity index (χ1n) is 9.43. The number of rotatable bonds is 10. The Hall–Kier alpha value is -1.88. The fraction of sp³-hybridized carbons (Fsp3) is 0.619. The molecule has 1 aromatic rings. The van der Waals surface area contributed by atoms with E-state index in [-0.39, 0.29) is 23.7 Å². The van der Waals surface area contributed by atoms with Crippen molar-refractivity contribution in [2.45, 2.75) is 52.9 Å². The fourth-order valence-corrected chi connectivity index (χ4v) is 2.32. The van der Waals surface area contributed by atoms with Gasteiger partial charge in [-0.1, -0.05) is 46.8 Å². The summed E-state index contributed by atoms with van der Waals surface area (Å²) in [6.07, 6.45) is 1.07. The molecule has 0 saturated heterocycles. The highest BCUT2D eigenvalue weighted by Gasteiger charge is 2.14. The van der Waals surface area contributed by atoms with Crippen LogP contribution in [0.5, 0.6) is 0 Å². The van der Waals surface area contributed by atoms with E-state index in [1.54, 1.807) is 0 Å². The van der Waals surface area contributed by atoms with Crippen molar-refractivity contribution in [3.63, 3.8) is 0 Å². The minimum atomic E-state index is -0.152. The summed E-state index contributed by atoms with van der Waals surface area (Å²) in [6.45, 7) is 12.9. The highest BCUT2D eigenvalue weighted by Crippen LogP contribution is 2.22. The van der Waals surface area contributed by atoms with Crippen molar-refractivity contribution >= 4 is 11.8 Å². The third-order valence-corrected chi connectivity index (χ3v) is 3.89. The quantitative estimate of drug-likeness (QED) is 0.628. The number of ether oxygens (including phenoxy) is 1. The highest BCUT2D eigenvalue weighted by molar-refractivity contribution is 5.94. The topological polar surface area (TPSA) is 67.4 Å². The van der Waals surface area contributed by atoms with Gasteiger partial charge in [0.2, 0.25) is 5.91 Å². The zero-order valence-corrected chi connectivity index (χ0v) is 16.9. The van der Waals surface area contributed by atoms with Crippen LogP contribution in [0, 0.1) is 5.92 Å². The summed E-state index contributed by atoms with van der Waals surface area (Å²) in [5.74, 6) is 0.315. The Labute approximate surface area is 157 Å². The second kappa shape index (κ2) is 11.0. The molecule has 0 bridgehead atoms. The van der Waals surface area contributed by atoms with Crippen LogP contribution in [0.2, 0.25) is 0 Å². The number of hydrogen-bond donors (Lipinski definition) is 2. The van der Waals surface area contributed by atoms with Crippen LogP contribution in [0.3, 0.4) is 0 Å². The molecule has 0 atom stereocenters. The minimum Gasteiger partial charge on any atom is -0.381 e. The first-order chi connectivity index (χ1) is 12.2. The van der Waals surface area contributed by atoms with E-state index in [1.165, 1.54) is 5.56 Å². The summed E-state index contributed by atoms with van der Waals surface area (Å²) < 4.78 is 5.46. The Bertz CT molecular complexity index is 560. The van der Waals surface area contributed by atoms with Gasteiger partial charge in [0.25, 0.3) is 5.91 Å². The van der Waals surface area contributed by atoms with Gasteiger partial charge in [0.15, 0.2) is 0 Å². The van der Waals surface area contributed by atoms with Gasteiger partial charge in [0.1, 0.15) is 0 Å². The van der Waals surface area contributed by atoms with Gasteiger partial charge in [-0.05, 0) is 35.4 Å². The molecule has 146 valence electrons. The van der Waals surface area contributed by atoms with Crippen molar-refractivity contribution in [2.75, 3.05) is 26.3 Å². The minimum absolute atomic E-state index is 0.0581. The molecule has 1 aromatic carbocycles. The zero-order valence-electron chi connectivity index (χ0n) is 16.9.